The van der Waals surface area contributed by atoms with E-state index in [2.05, 4.69) is 15.5 Å². The Morgan fingerprint density at radius 2 is 2.03 bits per heavy atom. The Kier molecular flexibility index (Phi) is 5.03. The fraction of sp³-hybridized carbons (Fsp3) is 0.167. The Hall–Kier alpha value is -4.20. The number of hydrogen-bond donors (Lipinski definition) is 1. The molecule has 8 nitrogen and oxygen atoms in total. The highest BCUT2D eigenvalue weighted by Gasteiger charge is 2.32. The van der Waals surface area contributed by atoms with Gasteiger partial charge in [0.1, 0.15) is 24.2 Å². The Balaban J connectivity index is 1.33. The van der Waals surface area contributed by atoms with Crippen LogP contribution in [0.5, 0.6) is 5.75 Å². The van der Waals surface area contributed by atoms with Gasteiger partial charge in [0.15, 0.2) is 5.69 Å². The van der Waals surface area contributed by atoms with E-state index in [1.54, 1.807) is 31.6 Å². The lowest BCUT2D eigenvalue weighted by Gasteiger charge is -2.21. The predicted octanol–water partition coefficient (Wildman–Crippen LogP) is 2.97. The molecule has 0 bridgehead atoms. The molecule has 0 saturated heterocycles. The highest BCUT2D eigenvalue weighted by atomic mass is 16.5. The van der Waals surface area contributed by atoms with Crippen LogP contribution in [0.15, 0.2) is 71.5 Å². The number of nitrogens with zero attached hydrogens (tertiary/aromatic N) is 3. The molecule has 3 heterocycles. The molecule has 2 amide bonds. The largest absolute Gasteiger partial charge is 0.489 e. The first-order valence-electron chi connectivity index (χ1n) is 10.2. The van der Waals surface area contributed by atoms with Gasteiger partial charge in [0.25, 0.3) is 11.8 Å². The van der Waals surface area contributed by atoms with E-state index in [1.807, 2.05) is 42.5 Å². The van der Waals surface area contributed by atoms with Crippen molar-refractivity contribution in [2.24, 2.45) is 0 Å². The first kappa shape index (κ1) is 19.7. The lowest BCUT2D eigenvalue weighted by molar-refractivity contribution is -0.120. The van der Waals surface area contributed by atoms with E-state index < -0.39 is 11.9 Å². The molecule has 1 aliphatic heterocycles. The topological polar surface area (TPSA) is 97.6 Å². The van der Waals surface area contributed by atoms with Gasteiger partial charge in [0, 0.05) is 42.7 Å². The van der Waals surface area contributed by atoms with Crippen LogP contribution in [0.1, 0.15) is 21.8 Å². The number of rotatable bonds is 4. The van der Waals surface area contributed by atoms with Crippen LogP contribution in [-0.2, 0) is 11.2 Å². The molecule has 0 fully saturated rings. The molecule has 2 aromatic carbocycles. The standard InChI is InChI=1S/C24H20N4O4/c1-28-22-18-9-10-25-13-16(18)7-8-21(22)31-14-20(24(28)30)26-23(29)19-12-17(32-27-19)11-15-5-3-2-4-6-15/h2-10,12-13,20H,11,14H2,1H3,(H,26,29)/t20-/m0/s1. The number of ether oxygens (including phenoxy) is 1. The summed E-state index contributed by atoms with van der Waals surface area (Å²) in [6.45, 7) is 0.00717. The van der Waals surface area contributed by atoms with Gasteiger partial charge < -0.3 is 19.5 Å². The van der Waals surface area contributed by atoms with E-state index in [9.17, 15) is 9.59 Å². The van der Waals surface area contributed by atoms with Crippen LogP contribution in [0, 0.1) is 0 Å². The molecule has 0 saturated carbocycles. The van der Waals surface area contributed by atoms with Gasteiger partial charge in [-0.15, -0.1) is 0 Å². The summed E-state index contributed by atoms with van der Waals surface area (Å²) >= 11 is 0. The van der Waals surface area contributed by atoms with Crippen molar-refractivity contribution in [3.63, 3.8) is 0 Å². The lowest BCUT2D eigenvalue weighted by atomic mass is 10.1. The fourth-order valence-electron chi connectivity index (χ4n) is 3.82. The number of hydrogen-bond acceptors (Lipinski definition) is 6. The second-order valence-corrected chi connectivity index (χ2v) is 7.58. The molecule has 0 unspecified atom stereocenters. The summed E-state index contributed by atoms with van der Waals surface area (Å²) in [4.78, 5) is 31.5. The van der Waals surface area contributed by atoms with Crippen molar-refractivity contribution in [1.29, 1.82) is 0 Å². The molecule has 1 aliphatic rings. The van der Waals surface area contributed by atoms with Crippen LogP contribution >= 0.6 is 0 Å². The number of aromatic nitrogens is 2. The van der Waals surface area contributed by atoms with Gasteiger partial charge in [-0.2, -0.15) is 0 Å². The summed E-state index contributed by atoms with van der Waals surface area (Å²) in [5, 5.41) is 8.33. The molecule has 0 aliphatic carbocycles. The van der Waals surface area contributed by atoms with E-state index in [0.717, 1.165) is 16.3 Å². The van der Waals surface area contributed by atoms with E-state index in [0.29, 0.717) is 23.6 Å². The quantitative estimate of drug-likeness (QED) is 0.537. The minimum absolute atomic E-state index is 0.00717. The predicted molar refractivity (Wildman–Crippen MR) is 118 cm³/mol. The highest BCUT2D eigenvalue weighted by Crippen LogP contribution is 2.37. The van der Waals surface area contributed by atoms with E-state index in [1.165, 1.54) is 4.90 Å². The molecule has 4 aromatic rings. The Morgan fingerprint density at radius 3 is 2.88 bits per heavy atom. The smallest absolute Gasteiger partial charge is 0.274 e. The maximum atomic E-state index is 13.1. The molecule has 160 valence electrons. The van der Waals surface area contributed by atoms with E-state index >= 15 is 0 Å². The SMILES string of the molecule is CN1C(=O)[C@@H](NC(=O)c2cc(Cc3ccccc3)on2)COc2ccc3cnccc3c21. The van der Waals surface area contributed by atoms with E-state index in [4.69, 9.17) is 9.26 Å². The van der Waals surface area contributed by atoms with Gasteiger partial charge in [-0.3, -0.25) is 14.6 Å². The number of likely N-dealkylation sites (N-methyl/N-ethyl adjacent to an activating group) is 1. The lowest BCUT2D eigenvalue weighted by Crippen LogP contribution is -2.49. The van der Waals surface area contributed by atoms with Gasteiger partial charge >= 0.3 is 0 Å². The van der Waals surface area contributed by atoms with Crippen LogP contribution in [0.25, 0.3) is 10.8 Å². The Labute approximate surface area is 183 Å². The van der Waals surface area contributed by atoms with Gasteiger partial charge in [-0.25, -0.2) is 0 Å². The van der Waals surface area contributed by atoms with Crippen molar-refractivity contribution in [1.82, 2.24) is 15.5 Å². The minimum Gasteiger partial charge on any atom is -0.489 e. The first-order chi connectivity index (χ1) is 15.6. The van der Waals surface area contributed by atoms with Gasteiger partial charge in [0.05, 0.1) is 5.69 Å². The molecule has 0 spiro atoms. The molecular formula is C24H20N4O4. The summed E-state index contributed by atoms with van der Waals surface area (Å²) < 4.78 is 11.2. The van der Waals surface area contributed by atoms with Crippen molar-refractivity contribution < 1.29 is 18.8 Å². The van der Waals surface area contributed by atoms with Crippen molar-refractivity contribution in [2.75, 3.05) is 18.6 Å². The normalized spacial score (nSPS) is 15.7. The van der Waals surface area contributed by atoms with Crippen molar-refractivity contribution in [3.05, 3.63) is 84.0 Å². The number of nitrogens with one attached hydrogen (secondary N) is 1. The maximum Gasteiger partial charge on any atom is 0.274 e. The average molecular weight is 428 g/mol. The van der Waals surface area contributed by atoms with Crippen LogP contribution in [0.2, 0.25) is 0 Å². The van der Waals surface area contributed by atoms with Gasteiger partial charge in [0.2, 0.25) is 0 Å². The number of pyridine rings is 1. The van der Waals surface area contributed by atoms with E-state index in [-0.39, 0.29) is 18.2 Å². The van der Waals surface area contributed by atoms with Crippen molar-refractivity contribution in [3.8, 4) is 5.75 Å². The third kappa shape index (κ3) is 3.66. The zero-order valence-electron chi connectivity index (χ0n) is 17.3. The number of carbonyl (C=O) groups excluding carboxylic acids is 2. The average Bonchev–Trinajstić information content (AvgIpc) is 3.25. The van der Waals surface area contributed by atoms with Crippen molar-refractivity contribution in [2.45, 2.75) is 12.5 Å². The van der Waals surface area contributed by atoms with Crippen LogP contribution in [0.4, 0.5) is 5.69 Å². The van der Waals surface area contributed by atoms with Gasteiger partial charge in [-0.1, -0.05) is 35.5 Å². The van der Waals surface area contributed by atoms with Crippen LogP contribution in [0.3, 0.4) is 0 Å². The highest BCUT2D eigenvalue weighted by molar-refractivity contribution is 6.09. The second-order valence-electron chi connectivity index (χ2n) is 7.58. The van der Waals surface area contributed by atoms with Gasteiger partial charge in [-0.05, 0) is 23.8 Å². The Bertz CT molecular complexity index is 1300. The van der Waals surface area contributed by atoms with Crippen LogP contribution in [-0.4, -0.2) is 41.7 Å². The molecule has 2 aromatic heterocycles. The Morgan fingerprint density at radius 1 is 1.19 bits per heavy atom. The summed E-state index contributed by atoms with van der Waals surface area (Å²) in [7, 11) is 1.67. The molecule has 1 atom stereocenters. The summed E-state index contributed by atoms with van der Waals surface area (Å²) in [6.07, 6.45) is 3.92. The molecule has 8 heteroatoms. The number of amides is 2. The molecule has 5 rings (SSSR count). The third-order valence-electron chi connectivity index (χ3n) is 5.44. The second kappa shape index (κ2) is 8.14. The summed E-state index contributed by atoms with van der Waals surface area (Å²) in [6, 6.07) is 16.0. The monoisotopic (exact) mass is 428 g/mol. The summed E-state index contributed by atoms with van der Waals surface area (Å²) in [5.74, 6) is 0.357. The van der Waals surface area contributed by atoms with Crippen LogP contribution < -0.4 is 15.0 Å². The first-order valence-corrected chi connectivity index (χ1v) is 10.2. The number of anilines is 1. The number of carbonyl (C=O) groups is 2. The fourth-order valence-corrected chi connectivity index (χ4v) is 3.82. The van der Waals surface area contributed by atoms with Crippen molar-refractivity contribution >= 4 is 28.3 Å². The minimum atomic E-state index is -0.869. The molecule has 1 N–H and O–H groups in total. The maximum absolute atomic E-state index is 13.1. The number of fused-ring (bicyclic) bond motifs is 3. The summed E-state index contributed by atoms with van der Waals surface area (Å²) in [5.41, 5.74) is 1.81. The third-order valence-corrected chi connectivity index (χ3v) is 5.44. The molecule has 0 radical (unpaired) electrons. The molecular weight excluding hydrogens is 408 g/mol. The molecule has 32 heavy (non-hydrogen) atoms. The number of benzene rings is 2. The zero-order valence-corrected chi connectivity index (χ0v) is 17.3. The zero-order chi connectivity index (χ0) is 22.1.